The van der Waals surface area contributed by atoms with Crippen molar-refractivity contribution in [2.75, 3.05) is 10.2 Å². The number of carboxylic acids is 1. The lowest BCUT2D eigenvalue weighted by Crippen LogP contribution is -2.29. The molecule has 0 radical (unpaired) electrons. The van der Waals surface area contributed by atoms with Crippen LogP contribution in [0.5, 0.6) is 0 Å². The van der Waals surface area contributed by atoms with Gasteiger partial charge in [0.05, 0.1) is 22.4 Å². The first-order valence-electron chi connectivity index (χ1n) is 9.51. The SMILES string of the molecule is Cc1ccc(NC(=O)c2cccc(N3C(=O)c4ccc(C(=O)O)cc4C3=O)c2)cc1C. The number of carbonyl (C=O) groups is 4. The molecule has 1 aliphatic heterocycles. The molecular weight excluding hydrogens is 396 g/mol. The number of aromatic carboxylic acids is 1. The minimum absolute atomic E-state index is 0.0230. The second-order valence-electron chi connectivity index (χ2n) is 7.31. The monoisotopic (exact) mass is 414 g/mol. The minimum atomic E-state index is -1.19. The fourth-order valence-electron chi connectivity index (χ4n) is 3.42. The Kier molecular flexibility index (Phi) is 4.87. The van der Waals surface area contributed by atoms with Crippen LogP contribution in [0.3, 0.4) is 0 Å². The van der Waals surface area contributed by atoms with Crippen molar-refractivity contribution in [3.63, 3.8) is 0 Å². The molecule has 1 aliphatic rings. The summed E-state index contributed by atoms with van der Waals surface area (Å²) < 4.78 is 0. The second-order valence-corrected chi connectivity index (χ2v) is 7.31. The number of carbonyl (C=O) groups excluding carboxylic acids is 3. The lowest BCUT2D eigenvalue weighted by atomic mass is 10.1. The quantitative estimate of drug-likeness (QED) is 0.627. The smallest absolute Gasteiger partial charge is 0.335 e. The van der Waals surface area contributed by atoms with E-state index in [1.54, 1.807) is 24.3 Å². The summed E-state index contributed by atoms with van der Waals surface area (Å²) in [6.45, 7) is 3.93. The molecule has 7 heteroatoms. The Morgan fingerprint density at radius 3 is 2.26 bits per heavy atom. The zero-order chi connectivity index (χ0) is 22.3. The molecule has 0 aromatic heterocycles. The number of nitrogens with one attached hydrogen (secondary N) is 1. The first kappa shape index (κ1) is 20.0. The van der Waals surface area contributed by atoms with Gasteiger partial charge in [0, 0.05) is 11.3 Å². The number of nitrogens with zero attached hydrogens (tertiary/aromatic N) is 1. The summed E-state index contributed by atoms with van der Waals surface area (Å²) >= 11 is 0. The number of aryl methyl sites for hydroxylation is 2. The third-order valence-corrected chi connectivity index (χ3v) is 5.26. The standard InChI is InChI=1S/C24H18N2O5/c1-13-6-8-17(10-14(13)2)25-21(27)15-4-3-5-18(11-15)26-22(28)19-9-7-16(24(30)31)12-20(19)23(26)29/h3-12H,1-2H3,(H,25,27)(H,30,31). The number of fused-ring (bicyclic) bond motifs is 1. The largest absolute Gasteiger partial charge is 0.478 e. The van der Waals surface area contributed by atoms with E-state index in [9.17, 15) is 19.2 Å². The molecule has 31 heavy (non-hydrogen) atoms. The van der Waals surface area contributed by atoms with Gasteiger partial charge in [0.15, 0.2) is 0 Å². The molecule has 154 valence electrons. The number of carboxylic acid groups (broad SMARTS) is 1. The van der Waals surface area contributed by atoms with E-state index in [1.807, 2.05) is 26.0 Å². The first-order chi connectivity index (χ1) is 14.8. The lowest BCUT2D eigenvalue weighted by molar-refractivity contribution is 0.0696. The van der Waals surface area contributed by atoms with Crippen molar-refractivity contribution in [2.24, 2.45) is 0 Å². The Bertz CT molecular complexity index is 1280. The Morgan fingerprint density at radius 2 is 1.55 bits per heavy atom. The highest BCUT2D eigenvalue weighted by Crippen LogP contribution is 2.30. The van der Waals surface area contributed by atoms with Gasteiger partial charge in [-0.3, -0.25) is 14.4 Å². The Labute approximate surface area is 177 Å². The number of benzene rings is 3. The molecule has 3 aromatic carbocycles. The zero-order valence-corrected chi connectivity index (χ0v) is 16.8. The van der Waals surface area contributed by atoms with Crippen LogP contribution in [0.2, 0.25) is 0 Å². The van der Waals surface area contributed by atoms with E-state index in [-0.39, 0.29) is 33.8 Å². The highest BCUT2D eigenvalue weighted by Gasteiger charge is 2.37. The first-order valence-corrected chi connectivity index (χ1v) is 9.51. The third kappa shape index (κ3) is 3.57. The van der Waals surface area contributed by atoms with E-state index in [1.165, 1.54) is 24.3 Å². The molecule has 0 bridgehead atoms. The number of rotatable bonds is 4. The molecule has 0 saturated heterocycles. The average molecular weight is 414 g/mol. The number of hydrogen-bond donors (Lipinski definition) is 2. The molecular formula is C24H18N2O5. The number of amides is 3. The third-order valence-electron chi connectivity index (χ3n) is 5.26. The minimum Gasteiger partial charge on any atom is -0.478 e. The van der Waals surface area contributed by atoms with E-state index in [2.05, 4.69) is 5.32 Å². The van der Waals surface area contributed by atoms with Crippen molar-refractivity contribution in [3.8, 4) is 0 Å². The molecule has 0 spiro atoms. The summed E-state index contributed by atoms with van der Waals surface area (Å²) in [6.07, 6.45) is 0. The van der Waals surface area contributed by atoms with Crippen molar-refractivity contribution in [1.29, 1.82) is 0 Å². The van der Waals surface area contributed by atoms with Gasteiger partial charge in [-0.15, -0.1) is 0 Å². The molecule has 7 nitrogen and oxygen atoms in total. The maximum absolute atomic E-state index is 12.8. The van der Waals surface area contributed by atoms with Gasteiger partial charge in [0.25, 0.3) is 17.7 Å². The van der Waals surface area contributed by atoms with Crippen LogP contribution in [-0.4, -0.2) is 28.8 Å². The van der Waals surface area contributed by atoms with Gasteiger partial charge < -0.3 is 10.4 Å². The fraction of sp³-hybridized carbons (Fsp3) is 0.0833. The van der Waals surface area contributed by atoms with E-state index < -0.39 is 17.8 Å². The van der Waals surface area contributed by atoms with Crippen molar-refractivity contribution >= 4 is 35.1 Å². The highest BCUT2D eigenvalue weighted by atomic mass is 16.4. The summed E-state index contributed by atoms with van der Waals surface area (Å²) in [6, 6.07) is 15.5. The van der Waals surface area contributed by atoms with Crippen LogP contribution in [0.25, 0.3) is 0 Å². The Morgan fingerprint density at radius 1 is 0.806 bits per heavy atom. The van der Waals surface area contributed by atoms with Gasteiger partial charge >= 0.3 is 5.97 Å². The van der Waals surface area contributed by atoms with Crippen molar-refractivity contribution in [2.45, 2.75) is 13.8 Å². The molecule has 3 amide bonds. The average Bonchev–Trinajstić information content (AvgIpc) is 3.00. The summed E-state index contributed by atoms with van der Waals surface area (Å²) in [5, 5.41) is 12.0. The van der Waals surface area contributed by atoms with Crippen LogP contribution in [0, 0.1) is 13.8 Å². The van der Waals surface area contributed by atoms with Gasteiger partial charge in [-0.1, -0.05) is 12.1 Å². The second kappa shape index (κ2) is 7.53. The molecule has 3 aromatic rings. The van der Waals surface area contributed by atoms with Crippen molar-refractivity contribution < 1.29 is 24.3 Å². The Balaban J connectivity index is 1.62. The molecule has 1 heterocycles. The number of hydrogen-bond acceptors (Lipinski definition) is 4. The normalized spacial score (nSPS) is 12.6. The summed E-state index contributed by atoms with van der Waals surface area (Å²) in [5.74, 6) is -2.76. The van der Waals surface area contributed by atoms with E-state index in [4.69, 9.17) is 5.11 Å². The predicted molar refractivity (Wildman–Crippen MR) is 115 cm³/mol. The lowest BCUT2D eigenvalue weighted by Gasteiger charge is -2.15. The van der Waals surface area contributed by atoms with Crippen LogP contribution in [0.15, 0.2) is 60.7 Å². The fourth-order valence-corrected chi connectivity index (χ4v) is 3.42. The van der Waals surface area contributed by atoms with Crippen LogP contribution in [0.1, 0.15) is 52.6 Å². The molecule has 4 rings (SSSR count). The van der Waals surface area contributed by atoms with Crippen LogP contribution >= 0.6 is 0 Å². The van der Waals surface area contributed by atoms with E-state index in [0.29, 0.717) is 5.69 Å². The molecule has 0 fully saturated rings. The topological polar surface area (TPSA) is 104 Å². The van der Waals surface area contributed by atoms with Crippen LogP contribution in [0.4, 0.5) is 11.4 Å². The van der Waals surface area contributed by atoms with Gasteiger partial charge in [0.2, 0.25) is 0 Å². The number of anilines is 2. The summed E-state index contributed by atoms with van der Waals surface area (Å²) in [4.78, 5) is 50.5. The van der Waals surface area contributed by atoms with Gasteiger partial charge in [-0.2, -0.15) is 0 Å². The summed E-state index contributed by atoms with van der Waals surface area (Å²) in [7, 11) is 0. The number of imide groups is 1. The molecule has 0 atom stereocenters. The summed E-state index contributed by atoms with van der Waals surface area (Å²) in [5.41, 5.74) is 3.36. The van der Waals surface area contributed by atoms with Crippen LogP contribution < -0.4 is 10.2 Å². The molecule has 0 saturated carbocycles. The maximum Gasteiger partial charge on any atom is 0.335 e. The maximum atomic E-state index is 12.8. The molecule has 2 N–H and O–H groups in total. The molecule has 0 unspecified atom stereocenters. The highest BCUT2D eigenvalue weighted by molar-refractivity contribution is 6.34. The molecule has 0 aliphatic carbocycles. The van der Waals surface area contributed by atoms with E-state index >= 15 is 0 Å². The van der Waals surface area contributed by atoms with E-state index in [0.717, 1.165) is 16.0 Å². The van der Waals surface area contributed by atoms with Crippen LogP contribution in [-0.2, 0) is 0 Å². The van der Waals surface area contributed by atoms with Gasteiger partial charge in [0.1, 0.15) is 0 Å². The predicted octanol–water partition coefficient (Wildman–Crippen LogP) is 4.05. The zero-order valence-electron chi connectivity index (χ0n) is 16.8. The van der Waals surface area contributed by atoms with Gasteiger partial charge in [-0.25, -0.2) is 9.69 Å². The van der Waals surface area contributed by atoms with Crippen molar-refractivity contribution in [3.05, 3.63) is 94.0 Å². The Hall–Kier alpha value is -4.26. The van der Waals surface area contributed by atoms with Gasteiger partial charge in [-0.05, 0) is 73.5 Å². The van der Waals surface area contributed by atoms with Crippen molar-refractivity contribution in [1.82, 2.24) is 0 Å².